The Morgan fingerprint density at radius 1 is 0.418 bits per heavy atom. The molecule has 1 saturated heterocycles. The van der Waals surface area contributed by atoms with Crippen molar-refractivity contribution < 1.29 is 9.53 Å². The summed E-state index contributed by atoms with van der Waals surface area (Å²) in [6, 6.07) is 0. The molecule has 0 aromatic heterocycles. The highest BCUT2D eigenvalue weighted by molar-refractivity contribution is 5.68. The van der Waals surface area contributed by atoms with E-state index >= 15 is 0 Å². The Morgan fingerprint density at radius 2 is 0.709 bits per heavy atom. The summed E-state index contributed by atoms with van der Waals surface area (Å²) in [5.74, 6) is 0. The minimum atomic E-state index is -0.432. The molecular weight excluding hydrogens is 677 g/mol. The van der Waals surface area contributed by atoms with Gasteiger partial charge in [-0.25, -0.2) is 4.79 Å². The van der Waals surface area contributed by atoms with E-state index < -0.39 is 5.60 Å². The van der Waals surface area contributed by atoms with Gasteiger partial charge in [-0.2, -0.15) is 0 Å². The van der Waals surface area contributed by atoms with Crippen LogP contribution in [0.4, 0.5) is 4.79 Å². The van der Waals surface area contributed by atoms with Crippen molar-refractivity contribution in [3.8, 4) is 0 Å². The number of ether oxygens (including phenoxy) is 1. The molecule has 0 aromatic rings. The molecule has 0 atom stereocenters. The minimum absolute atomic E-state index is 0.153. The van der Waals surface area contributed by atoms with Crippen molar-refractivity contribution in [1.82, 2.24) is 19.6 Å². The largest absolute Gasteiger partial charge is 0.444 e. The summed E-state index contributed by atoms with van der Waals surface area (Å²) in [6.07, 6.45) is 42.2. The number of nitrogens with zero attached hydrogens (tertiary/aromatic N) is 4. The quantitative estimate of drug-likeness (QED) is 0.0581. The van der Waals surface area contributed by atoms with Crippen LogP contribution in [0.5, 0.6) is 0 Å². The predicted molar refractivity (Wildman–Crippen MR) is 243 cm³/mol. The van der Waals surface area contributed by atoms with E-state index in [2.05, 4.69) is 35.5 Å². The van der Waals surface area contributed by atoms with E-state index in [-0.39, 0.29) is 6.09 Å². The fraction of sp³-hybridized carbons (Fsp3) is 0.980. The van der Waals surface area contributed by atoms with Crippen molar-refractivity contribution in [2.45, 2.75) is 240 Å². The molecule has 1 rings (SSSR count). The van der Waals surface area contributed by atoms with E-state index in [1.165, 1.54) is 225 Å². The van der Waals surface area contributed by atoms with Crippen LogP contribution in [0.25, 0.3) is 0 Å². The van der Waals surface area contributed by atoms with E-state index in [9.17, 15) is 4.79 Å². The van der Waals surface area contributed by atoms with E-state index in [4.69, 9.17) is 4.74 Å². The molecule has 55 heavy (non-hydrogen) atoms. The van der Waals surface area contributed by atoms with Gasteiger partial charge in [0.1, 0.15) is 5.60 Å². The first-order chi connectivity index (χ1) is 26.8. The van der Waals surface area contributed by atoms with Crippen molar-refractivity contribution in [1.29, 1.82) is 0 Å². The SMILES string of the molecule is CCCCCCCCCCCCN(CCCCCCCCCCCC)CCN(CCCCCCCCCCCC)CCN1CCN(C(=O)OC(C)(C)C)CC1. The van der Waals surface area contributed by atoms with Gasteiger partial charge in [0.2, 0.25) is 0 Å². The number of carbonyl (C=O) groups is 1. The van der Waals surface area contributed by atoms with Crippen molar-refractivity contribution in [2.24, 2.45) is 0 Å². The zero-order valence-electron chi connectivity index (χ0n) is 38.6. The molecule has 0 spiro atoms. The molecule has 0 bridgehead atoms. The van der Waals surface area contributed by atoms with Crippen LogP contribution in [-0.2, 0) is 4.74 Å². The number of unbranched alkanes of at least 4 members (excludes halogenated alkanes) is 27. The Hall–Kier alpha value is -0.850. The fourth-order valence-electron chi connectivity index (χ4n) is 8.19. The highest BCUT2D eigenvalue weighted by atomic mass is 16.6. The average molecular weight is 777 g/mol. The second kappa shape index (κ2) is 37.4. The third-order valence-electron chi connectivity index (χ3n) is 12.0. The first-order valence-electron chi connectivity index (χ1n) is 24.9. The number of hydrogen-bond donors (Lipinski definition) is 0. The highest BCUT2D eigenvalue weighted by Gasteiger charge is 2.26. The molecule has 1 amide bonds. The van der Waals surface area contributed by atoms with Crippen LogP contribution in [0.2, 0.25) is 0 Å². The summed E-state index contributed by atoms with van der Waals surface area (Å²) in [5, 5.41) is 0. The van der Waals surface area contributed by atoms with Crippen LogP contribution in [-0.4, -0.2) is 103 Å². The lowest BCUT2D eigenvalue weighted by Gasteiger charge is -2.36. The number of piperazine rings is 1. The van der Waals surface area contributed by atoms with Crippen molar-refractivity contribution >= 4 is 6.09 Å². The zero-order chi connectivity index (χ0) is 40.1. The summed E-state index contributed by atoms with van der Waals surface area (Å²) in [4.78, 5) is 22.8. The van der Waals surface area contributed by atoms with E-state index in [0.717, 1.165) is 39.3 Å². The van der Waals surface area contributed by atoms with Crippen LogP contribution in [0.15, 0.2) is 0 Å². The van der Waals surface area contributed by atoms with E-state index in [0.29, 0.717) is 0 Å². The molecule has 0 aliphatic carbocycles. The molecular formula is C49H100N4O2. The number of rotatable bonds is 39. The molecule has 1 aliphatic heterocycles. The maximum atomic E-state index is 12.6. The van der Waals surface area contributed by atoms with Gasteiger partial charge in [0.25, 0.3) is 0 Å². The maximum absolute atomic E-state index is 12.6. The van der Waals surface area contributed by atoms with Gasteiger partial charge >= 0.3 is 6.09 Å². The first-order valence-corrected chi connectivity index (χ1v) is 24.9. The monoisotopic (exact) mass is 777 g/mol. The van der Waals surface area contributed by atoms with Crippen LogP contribution in [0.1, 0.15) is 234 Å². The second-order valence-electron chi connectivity index (χ2n) is 18.5. The van der Waals surface area contributed by atoms with Crippen molar-refractivity contribution in [3.63, 3.8) is 0 Å². The Labute approximate surface area is 346 Å². The van der Waals surface area contributed by atoms with E-state index in [1.807, 2.05) is 25.7 Å². The Balaban J connectivity index is 2.62. The number of amides is 1. The summed E-state index contributed by atoms with van der Waals surface area (Å²) in [7, 11) is 0. The average Bonchev–Trinajstić information content (AvgIpc) is 3.16. The molecule has 0 unspecified atom stereocenters. The zero-order valence-corrected chi connectivity index (χ0v) is 38.6. The highest BCUT2D eigenvalue weighted by Crippen LogP contribution is 2.16. The second-order valence-corrected chi connectivity index (χ2v) is 18.5. The van der Waals surface area contributed by atoms with Crippen LogP contribution in [0.3, 0.4) is 0 Å². The molecule has 6 nitrogen and oxygen atoms in total. The van der Waals surface area contributed by atoms with Gasteiger partial charge in [0, 0.05) is 52.4 Å². The summed E-state index contributed by atoms with van der Waals surface area (Å²) >= 11 is 0. The molecule has 0 N–H and O–H groups in total. The summed E-state index contributed by atoms with van der Waals surface area (Å²) in [5.41, 5.74) is -0.432. The fourth-order valence-corrected chi connectivity index (χ4v) is 8.19. The molecule has 328 valence electrons. The van der Waals surface area contributed by atoms with Gasteiger partial charge in [0.05, 0.1) is 0 Å². The minimum Gasteiger partial charge on any atom is -0.444 e. The normalized spacial score (nSPS) is 14.1. The lowest BCUT2D eigenvalue weighted by atomic mass is 10.1. The third-order valence-corrected chi connectivity index (χ3v) is 12.0. The van der Waals surface area contributed by atoms with Gasteiger partial charge in [-0.05, 0) is 59.7 Å². The molecule has 1 aliphatic rings. The number of hydrogen-bond acceptors (Lipinski definition) is 5. The lowest BCUT2D eigenvalue weighted by Crippen LogP contribution is -2.51. The first kappa shape index (κ1) is 52.2. The summed E-state index contributed by atoms with van der Waals surface area (Å²) in [6.45, 7) is 24.8. The van der Waals surface area contributed by atoms with E-state index in [1.54, 1.807) is 0 Å². The third kappa shape index (κ3) is 33.8. The standard InChI is InChI=1S/C49H100N4O2/c1-7-10-13-16-19-22-25-28-31-34-37-50(38-35-32-29-26-23-20-17-14-11-8-2)40-41-51(39-36-33-30-27-24-21-18-15-12-9-3)42-43-52-44-46-53(47-45-52)48(54)55-49(4,5)6/h7-47H2,1-6H3. The Morgan fingerprint density at radius 3 is 1.02 bits per heavy atom. The lowest BCUT2D eigenvalue weighted by molar-refractivity contribution is 0.0137. The topological polar surface area (TPSA) is 39.3 Å². The van der Waals surface area contributed by atoms with Crippen LogP contribution >= 0.6 is 0 Å². The predicted octanol–water partition coefficient (Wildman–Crippen LogP) is 13.9. The van der Waals surface area contributed by atoms with Gasteiger partial charge in [-0.3, -0.25) is 4.90 Å². The van der Waals surface area contributed by atoms with Gasteiger partial charge < -0.3 is 19.4 Å². The molecule has 0 saturated carbocycles. The Kier molecular flexibility index (Phi) is 35.5. The molecule has 1 fully saturated rings. The van der Waals surface area contributed by atoms with Gasteiger partial charge in [0.15, 0.2) is 0 Å². The van der Waals surface area contributed by atoms with Crippen molar-refractivity contribution in [3.05, 3.63) is 0 Å². The Bertz CT molecular complexity index is 785. The molecule has 1 heterocycles. The molecule has 6 heteroatoms. The summed E-state index contributed by atoms with van der Waals surface area (Å²) < 4.78 is 5.66. The maximum Gasteiger partial charge on any atom is 0.410 e. The smallest absolute Gasteiger partial charge is 0.410 e. The van der Waals surface area contributed by atoms with Gasteiger partial charge in [-0.15, -0.1) is 0 Å². The van der Waals surface area contributed by atoms with Crippen molar-refractivity contribution in [2.75, 3.05) is 72.0 Å². The van der Waals surface area contributed by atoms with Crippen LogP contribution < -0.4 is 0 Å². The van der Waals surface area contributed by atoms with Crippen LogP contribution in [0, 0.1) is 0 Å². The van der Waals surface area contributed by atoms with Gasteiger partial charge in [-0.1, -0.05) is 194 Å². The number of carbonyl (C=O) groups excluding carboxylic acids is 1. The molecule has 0 radical (unpaired) electrons. The molecule has 0 aromatic carbocycles.